The maximum Gasteiger partial charge on any atom is 0.326 e. The second-order valence-electron chi connectivity index (χ2n) is 7.27. The molecule has 0 bridgehead atoms. The number of piperazine rings is 1. The number of hydrogen-bond donors (Lipinski definition) is 2. The molecule has 2 aliphatic rings. The van der Waals surface area contributed by atoms with Crippen molar-refractivity contribution in [1.82, 2.24) is 20.4 Å². The number of imide groups is 1. The summed E-state index contributed by atoms with van der Waals surface area (Å²) in [6.07, 6.45) is -0.174. The van der Waals surface area contributed by atoms with Crippen LogP contribution in [-0.4, -0.2) is 71.7 Å². The van der Waals surface area contributed by atoms with E-state index < -0.39 is 23.1 Å². The van der Waals surface area contributed by atoms with Gasteiger partial charge in [0.25, 0.3) is 5.91 Å². The highest BCUT2D eigenvalue weighted by molar-refractivity contribution is 6.08. The Hall–Kier alpha value is -1.67. The SMILES string of the molecule is CC.CC(C)(C)OC(=O)CC1(C)NC(=O)N(CN2CCNCC2)C1=O. The molecule has 8 heteroatoms. The van der Waals surface area contributed by atoms with Gasteiger partial charge in [-0.25, -0.2) is 9.69 Å². The Labute approximate surface area is 150 Å². The average molecular weight is 356 g/mol. The molecule has 0 spiro atoms. The van der Waals surface area contributed by atoms with Crippen LogP contribution in [-0.2, 0) is 14.3 Å². The van der Waals surface area contributed by atoms with Crippen molar-refractivity contribution in [1.29, 1.82) is 0 Å². The van der Waals surface area contributed by atoms with Crippen LogP contribution in [0.2, 0.25) is 0 Å². The van der Waals surface area contributed by atoms with Gasteiger partial charge in [0.05, 0.1) is 13.1 Å². The zero-order valence-corrected chi connectivity index (χ0v) is 16.3. The summed E-state index contributed by atoms with van der Waals surface area (Å²) in [6.45, 7) is 14.3. The standard InChI is InChI=1S/C15H26N4O4.C2H6/c1-14(2,3)23-11(20)9-15(4)12(21)19(13(22)17-15)10-18-7-5-16-6-8-18;1-2/h16H,5-10H2,1-4H3,(H,17,22);1-2H3. The molecule has 2 aliphatic heterocycles. The van der Waals surface area contributed by atoms with Gasteiger partial charge in [-0.3, -0.25) is 14.5 Å². The molecule has 3 amide bonds. The number of nitrogens with zero attached hydrogens (tertiary/aromatic N) is 2. The normalized spacial score (nSPS) is 24.5. The third kappa shape index (κ3) is 5.97. The molecular formula is C17H32N4O4. The Kier molecular flexibility index (Phi) is 7.37. The monoisotopic (exact) mass is 356 g/mol. The van der Waals surface area contributed by atoms with E-state index in [1.54, 1.807) is 27.7 Å². The number of urea groups is 1. The van der Waals surface area contributed by atoms with Gasteiger partial charge in [-0.15, -0.1) is 0 Å². The lowest BCUT2D eigenvalue weighted by Crippen LogP contribution is -2.51. The fourth-order valence-electron chi connectivity index (χ4n) is 2.71. The van der Waals surface area contributed by atoms with E-state index in [1.165, 1.54) is 4.90 Å². The Morgan fingerprint density at radius 1 is 1.20 bits per heavy atom. The average Bonchev–Trinajstić information content (AvgIpc) is 2.71. The summed E-state index contributed by atoms with van der Waals surface area (Å²) in [5.74, 6) is -0.885. The zero-order chi connectivity index (χ0) is 19.3. The van der Waals surface area contributed by atoms with Crippen LogP contribution in [0.3, 0.4) is 0 Å². The maximum absolute atomic E-state index is 12.6. The highest BCUT2D eigenvalue weighted by Crippen LogP contribution is 2.23. The van der Waals surface area contributed by atoms with Gasteiger partial charge in [0.1, 0.15) is 11.1 Å². The van der Waals surface area contributed by atoms with Crippen molar-refractivity contribution in [3.05, 3.63) is 0 Å². The van der Waals surface area contributed by atoms with E-state index in [2.05, 4.69) is 10.6 Å². The minimum Gasteiger partial charge on any atom is -0.460 e. The molecule has 0 aliphatic carbocycles. The van der Waals surface area contributed by atoms with Gasteiger partial charge >= 0.3 is 12.0 Å². The molecule has 2 saturated heterocycles. The first kappa shape index (κ1) is 21.4. The summed E-state index contributed by atoms with van der Waals surface area (Å²) in [5.41, 5.74) is -1.87. The van der Waals surface area contributed by atoms with Gasteiger partial charge in [-0.1, -0.05) is 13.8 Å². The molecule has 2 fully saturated rings. The number of nitrogens with one attached hydrogen (secondary N) is 2. The third-order valence-corrected chi connectivity index (χ3v) is 3.81. The largest absolute Gasteiger partial charge is 0.460 e. The van der Waals surface area contributed by atoms with E-state index in [-0.39, 0.29) is 19.0 Å². The molecule has 0 aromatic heterocycles. The van der Waals surface area contributed by atoms with Crippen molar-refractivity contribution in [2.75, 3.05) is 32.8 Å². The summed E-state index contributed by atoms with van der Waals surface area (Å²) in [7, 11) is 0. The van der Waals surface area contributed by atoms with Gasteiger partial charge in [0, 0.05) is 26.2 Å². The summed E-state index contributed by atoms with van der Waals surface area (Å²) >= 11 is 0. The van der Waals surface area contributed by atoms with Crippen LogP contribution in [0.4, 0.5) is 4.79 Å². The lowest BCUT2D eigenvalue weighted by molar-refractivity contribution is -0.158. The second kappa shape index (κ2) is 8.62. The molecule has 8 nitrogen and oxygen atoms in total. The van der Waals surface area contributed by atoms with Gasteiger partial charge in [0.2, 0.25) is 0 Å². The second-order valence-corrected chi connectivity index (χ2v) is 7.27. The molecule has 0 aromatic rings. The van der Waals surface area contributed by atoms with Gasteiger partial charge in [-0.2, -0.15) is 0 Å². The number of esters is 1. The number of ether oxygens (including phenoxy) is 1. The quantitative estimate of drug-likeness (QED) is 0.575. The highest BCUT2D eigenvalue weighted by Gasteiger charge is 2.49. The van der Waals surface area contributed by atoms with Crippen molar-refractivity contribution in [2.45, 2.75) is 59.1 Å². The lowest BCUT2D eigenvalue weighted by atomic mass is 9.98. The summed E-state index contributed by atoms with van der Waals surface area (Å²) < 4.78 is 5.25. The van der Waals surface area contributed by atoms with Crippen LogP contribution in [0.1, 0.15) is 48.0 Å². The molecule has 25 heavy (non-hydrogen) atoms. The number of carbonyl (C=O) groups excluding carboxylic acids is 3. The first-order valence-corrected chi connectivity index (χ1v) is 8.90. The smallest absolute Gasteiger partial charge is 0.326 e. The molecular weight excluding hydrogens is 324 g/mol. The summed E-state index contributed by atoms with van der Waals surface area (Å²) in [5, 5.41) is 5.85. The fourth-order valence-corrected chi connectivity index (χ4v) is 2.71. The van der Waals surface area contributed by atoms with E-state index in [0.717, 1.165) is 26.2 Å². The zero-order valence-electron chi connectivity index (χ0n) is 16.3. The lowest BCUT2D eigenvalue weighted by Gasteiger charge is -2.30. The fraction of sp³-hybridized carbons (Fsp3) is 0.824. The third-order valence-electron chi connectivity index (χ3n) is 3.81. The highest BCUT2D eigenvalue weighted by atomic mass is 16.6. The topological polar surface area (TPSA) is 91.0 Å². The first-order chi connectivity index (χ1) is 11.6. The number of rotatable bonds is 4. The number of amides is 3. The van der Waals surface area contributed by atoms with Crippen LogP contribution in [0.5, 0.6) is 0 Å². The molecule has 2 rings (SSSR count). The number of hydrogen-bond acceptors (Lipinski definition) is 6. The van der Waals surface area contributed by atoms with Gasteiger partial charge in [-0.05, 0) is 27.7 Å². The van der Waals surface area contributed by atoms with E-state index >= 15 is 0 Å². The minimum absolute atomic E-state index is 0.174. The van der Waals surface area contributed by atoms with Gasteiger partial charge < -0.3 is 15.4 Å². The van der Waals surface area contributed by atoms with Crippen LogP contribution in [0, 0.1) is 0 Å². The van der Waals surface area contributed by atoms with Crippen molar-refractivity contribution in [2.24, 2.45) is 0 Å². The molecule has 1 atom stereocenters. The molecule has 0 radical (unpaired) electrons. The minimum atomic E-state index is -1.24. The van der Waals surface area contributed by atoms with E-state index in [4.69, 9.17) is 4.74 Å². The predicted molar refractivity (Wildman–Crippen MR) is 94.9 cm³/mol. The Morgan fingerprint density at radius 3 is 2.28 bits per heavy atom. The molecule has 2 N–H and O–H groups in total. The Morgan fingerprint density at radius 2 is 1.76 bits per heavy atom. The number of carbonyl (C=O) groups is 3. The first-order valence-electron chi connectivity index (χ1n) is 8.90. The molecule has 144 valence electrons. The summed E-state index contributed by atoms with van der Waals surface area (Å²) in [6, 6.07) is -0.459. The van der Waals surface area contributed by atoms with E-state index in [9.17, 15) is 14.4 Å². The molecule has 2 heterocycles. The predicted octanol–water partition coefficient (Wildman–Crippen LogP) is 0.918. The van der Waals surface area contributed by atoms with Crippen LogP contribution >= 0.6 is 0 Å². The van der Waals surface area contributed by atoms with E-state index in [1.807, 2.05) is 18.7 Å². The van der Waals surface area contributed by atoms with E-state index in [0.29, 0.717) is 0 Å². The Balaban J connectivity index is 0.00000151. The van der Waals surface area contributed by atoms with Crippen LogP contribution in [0.15, 0.2) is 0 Å². The van der Waals surface area contributed by atoms with Crippen LogP contribution in [0.25, 0.3) is 0 Å². The van der Waals surface area contributed by atoms with Crippen molar-refractivity contribution >= 4 is 17.9 Å². The summed E-state index contributed by atoms with van der Waals surface area (Å²) in [4.78, 5) is 40.0. The van der Waals surface area contributed by atoms with Gasteiger partial charge in [0.15, 0.2) is 0 Å². The molecule has 0 saturated carbocycles. The molecule has 1 unspecified atom stereocenters. The Bertz CT molecular complexity index is 497. The van der Waals surface area contributed by atoms with Crippen LogP contribution < -0.4 is 10.6 Å². The maximum atomic E-state index is 12.6. The van der Waals surface area contributed by atoms with Crippen molar-refractivity contribution in [3.8, 4) is 0 Å². The van der Waals surface area contributed by atoms with Crippen molar-refractivity contribution in [3.63, 3.8) is 0 Å². The van der Waals surface area contributed by atoms with Crippen molar-refractivity contribution < 1.29 is 19.1 Å². The molecule has 0 aromatic carbocycles.